The SMILES string of the molecule is COc1ccc([N+](=O)[O-])cc1C(N)C1CCCCN1. The monoisotopic (exact) mass is 265 g/mol. The third kappa shape index (κ3) is 3.02. The van der Waals surface area contributed by atoms with Gasteiger partial charge in [-0.25, -0.2) is 0 Å². The Morgan fingerprint density at radius 1 is 1.53 bits per heavy atom. The van der Waals surface area contributed by atoms with Gasteiger partial charge in [-0.3, -0.25) is 10.1 Å². The third-order valence-corrected chi connectivity index (χ3v) is 3.57. The maximum Gasteiger partial charge on any atom is 0.270 e. The first-order chi connectivity index (χ1) is 9.13. The summed E-state index contributed by atoms with van der Waals surface area (Å²) in [5, 5.41) is 14.2. The van der Waals surface area contributed by atoms with E-state index < -0.39 is 4.92 Å². The Bertz CT molecular complexity index is 458. The van der Waals surface area contributed by atoms with Crippen molar-refractivity contribution in [2.24, 2.45) is 5.73 Å². The van der Waals surface area contributed by atoms with Crippen molar-refractivity contribution >= 4 is 5.69 Å². The van der Waals surface area contributed by atoms with Gasteiger partial charge in [0.2, 0.25) is 0 Å². The van der Waals surface area contributed by atoms with E-state index in [-0.39, 0.29) is 17.8 Å². The highest BCUT2D eigenvalue weighted by Gasteiger charge is 2.25. The highest BCUT2D eigenvalue weighted by Crippen LogP contribution is 2.31. The first kappa shape index (κ1) is 13.8. The summed E-state index contributed by atoms with van der Waals surface area (Å²) in [5.74, 6) is 0.602. The Morgan fingerprint density at radius 2 is 2.32 bits per heavy atom. The molecule has 1 aromatic rings. The van der Waals surface area contributed by atoms with Crippen molar-refractivity contribution in [2.75, 3.05) is 13.7 Å². The number of nitrogens with one attached hydrogen (secondary N) is 1. The lowest BCUT2D eigenvalue weighted by Gasteiger charge is -2.29. The van der Waals surface area contributed by atoms with E-state index in [2.05, 4.69) is 5.32 Å². The number of nitro groups is 1. The maximum atomic E-state index is 10.9. The number of hydrogen-bond acceptors (Lipinski definition) is 5. The molecule has 1 aliphatic rings. The van der Waals surface area contributed by atoms with Gasteiger partial charge >= 0.3 is 0 Å². The standard InChI is InChI=1S/C13H19N3O3/c1-19-12-6-5-9(16(17)18)8-10(12)13(14)11-4-2-3-7-15-11/h5-6,8,11,13,15H,2-4,7,14H2,1H3. The fraction of sp³-hybridized carbons (Fsp3) is 0.538. The Labute approximate surface area is 112 Å². The minimum absolute atomic E-state index is 0.0436. The normalized spacial score (nSPS) is 20.8. The van der Waals surface area contributed by atoms with Crippen molar-refractivity contribution in [1.29, 1.82) is 0 Å². The molecule has 0 aliphatic carbocycles. The summed E-state index contributed by atoms with van der Waals surface area (Å²) >= 11 is 0. The number of methoxy groups -OCH3 is 1. The van der Waals surface area contributed by atoms with Crippen LogP contribution in [0.4, 0.5) is 5.69 Å². The summed E-state index contributed by atoms with van der Waals surface area (Å²) in [4.78, 5) is 10.4. The largest absolute Gasteiger partial charge is 0.496 e. The number of rotatable bonds is 4. The van der Waals surface area contributed by atoms with Crippen LogP contribution in [0.5, 0.6) is 5.75 Å². The summed E-state index contributed by atoms with van der Waals surface area (Å²) in [6.45, 7) is 0.940. The summed E-state index contributed by atoms with van der Waals surface area (Å²) < 4.78 is 5.26. The smallest absolute Gasteiger partial charge is 0.270 e. The Balaban J connectivity index is 2.29. The van der Waals surface area contributed by atoms with Gasteiger partial charge in [0.25, 0.3) is 5.69 Å². The van der Waals surface area contributed by atoms with Crippen LogP contribution in [-0.2, 0) is 0 Å². The maximum absolute atomic E-state index is 10.9. The number of piperidine rings is 1. The zero-order valence-corrected chi connectivity index (χ0v) is 11.0. The van der Waals surface area contributed by atoms with Crippen LogP contribution in [0, 0.1) is 10.1 Å². The van der Waals surface area contributed by atoms with Crippen molar-refractivity contribution in [3.63, 3.8) is 0 Å². The quantitative estimate of drug-likeness (QED) is 0.639. The molecule has 2 rings (SSSR count). The van der Waals surface area contributed by atoms with Crippen LogP contribution in [0.1, 0.15) is 30.9 Å². The van der Waals surface area contributed by atoms with Gasteiger partial charge in [0.05, 0.1) is 12.0 Å². The summed E-state index contributed by atoms with van der Waals surface area (Å²) in [5.41, 5.74) is 6.98. The van der Waals surface area contributed by atoms with E-state index in [9.17, 15) is 10.1 Å². The molecule has 0 bridgehead atoms. The lowest BCUT2D eigenvalue weighted by atomic mass is 9.92. The van der Waals surface area contributed by atoms with E-state index in [0.717, 1.165) is 25.8 Å². The van der Waals surface area contributed by atoms with E-state index in [1.807, 2.05) is 0 Å². The molecule has 0 aromatic heterocycles. The molecule has 6 nitrogen and oxygen atoms in total. The van der Waals surface area contributed by atoms with Crippen LogP contribution >= 0.6 is 0 Å². The summed E-state index contributed by atoms with van der Waals surface area (Å²) in [6.07, 6.45) is 3.25. The van der Waals surface area contributed by atoms with Gasteiger partial charge in [0, 0.05) is 29.8 Å². The minimum atomic E-state index is -0.413. The van der Waals surface area contributed by atoms with Gasteiger partial charge in [0.1, 0.15) is 5.75 Å². The zero-order chi connectivity index (χ0) is 13.8. The number of hydrogen-bond donors (Lipinski definition) is 2. The molecule has 1 aliphatic heterocycles. The first-order valence-corrected chi connectivity index (χ1v) is 6.44. The number of benzene rings is 1. The first-order valence-electron chi connectivity index (χ1n) is 6.44. The Morgan fingerprint density at radius 3 is 2.89 bits per heavy atom. The third-order valence-electron chi connectivity index (χ3n) is 3.57. The second kappa shape index (κ2) is 5.99. The van der Waals surface area contributed by atoms with Gasteiger partial charge in [-0.05, 0) is 25.5 Å². The molecule has 0 saturated carbocycles. The van der Waals surface area contributed by atoms with Crippen LogP contribution < -0.4 is 15.8 Å². The van der Waals surface area contributed by atoms with E-state index in [0.29, 0.717) is 11.3 Å². The predicted molar refractivity (Wildman–Crippen MR) is 72.2 cm³/mol. The molecular formula is C13H19N3O3. The van der Waals surface area contributed by atoms with Gasteiger partial charge in [-0.15, -0.1) is 0 Å². The fourth-order valence-electron chi connectivity index (χ4n) is 2.50. The van der Waals surface area contributed by atoms with E-state index >= 15 is 0 Å². The Kier molecular flexibility index (Phi) is 4.34. The second-order valence-corrected chi connectivity index (χ2v) is 4.77. The van der Waals surface area contributed by atoms with Gasteiger partial charge in [0.15, 0.2) is 0 Å². The number of nitrogens with zero attached hydrogens (tertiary/aromatic N) is 1. The van der Waals surface area contributed by atoms with Crippen molar-refractivity contribution < 1.29 is 9.66 Å². The molecule has 1 heterocycles. The molecule has 19 heavy (non-hydrogen) atoms. The number of nitrogens with two attached hydrogens (primary N) is 1. The number of non-ortho nitro benzene ring substituents is 1. The van der Waals surface area contributed by atoms with Crippen LogP contribution in [0.25, 0.3) is 0 Å². The molecule has 2 unspecified atom stereocenters. The fourth-order valence-corrected chi connectivity index (χ4v) is 2.50. The van der Waals surface area contributed by atoms with Crippen molar-refractivity contribution in [3.8, 4) is 5.75 Å². The molecule has 2 atom stereocenters. The lowest BCUT2D eigenvalue weighted by molar-refractivity contribution is -0.385. The van der Waals surface area contributed by atoms with Crippen LogP contribution in [-0.4, -0.2) is 24.6 Å². The van der Waals surface area contributed by atoms with E-state index in [4.69, 9.17) is 10.5 Å². The van der Waals surface area contributed by atoms with E-state index in [1.54, 1.807) is 13.2 Å². The molecule has 3 N–H and O–H groups in total. The zero-order valence-electron chi connectivity index (χ0n) is 11.0. The lowest BCUT2D eigenvalue weighted by Crippen LogP contribution is -2.42. The highest BCUT2D eigenvalue weighted by atomic mass is 16.6. The van der Waals surface area contributed by atoms with Gasteiger partial charge in [-0.1, -0.05) is 6.42 Å². The number of ether oxygens (including phenoxy) is 1. The molecule has 0 radical (unpaired) electrons. The molecule has 6 heteroatoms. The molecular weight excluding hydrogens is 246 g/mol. The predicted octanol–water partition coefficient (Wildman–Crippen LogP) is 1.75. The molecule has 0 amide bonds. The molecule has 1 saturated heterocycles. The van der Waals surface area contributed by atoms with Crippen LogP contribution in [0.2, 0.25) is 0 Å². The van der Waals surface area contributed by atoms with Crippen LogP contribution in [0.15, 0.2) is 18.2 Å². The van der Waals surface area contributed by atoms with Gasteiger partial charge < -0.3 is 15.8 Å². The van der Waals surface area contributed by atoms with Gasteiger partial charge in [-0.2, -0.15) is 0 Å². The second-order valence-electron chi connectivity index (χ2n) is 4.77. The average Bonchev–Trinajstić information content (AvgIpc) is 2.46. The molecule has 1 fully saturated rings. The average molecular weight is 265 g/mol. The van der Waals surface area contributed by atoms with Crippen molar-refractivity contribution in [3.05, 3.63) is 33.9 Å². The van der Waals surface area contributed by atoms with Crippen LogP contribution in [0.3, 0.4) is 0 Å². The number of nitro benzene ring substituents is 1. The summed E-state index contributed by atoms with van der Waals surface area (Å²) in [6, 6.07) is 4.40. The molecule has 0 spiro atoms. The minimum Gasteiger partial charge on any atom is -0.496 e. The molecule has 1 aromatic carbocycles. The van der Waals surface area contributed by atoms with Crippen molar-refractivity contribution in [1.82, 2.24) is 5.32 Å². The topological polar surface area (TPSA) is 90.4 Å². The Hall–Kier alpha value is -1.66. The molecule has 104 valence electrons. The van der Waals surface area contributed by atoms with Crippen molar-refractivity contribution in [2.45, 2.75) is 31.3 Å². The van der Waals surface area contributed by atoms with E-state index in [1.165, 1.54) is 12.1 Å². The highest BCUT2D eigenvalue weighted by molar-refractivity contribution is 5.45. The summed E-state index contributed by atoms with van der Waals surface area (Å²) in [7, 11) is 1.55.